The molecule has 1 saturated heterocycles. The first-order valence-corrected chi connectivity index (χ1v) is 16.2. The summed E-state index contributed by atoms with van der Waals surface area (Å²) in [5, 5.41) is 10.7. The molecule has 0 saturated carbocycles. The zero-order valence-electron chi connectivity index (χ0n) is 23.3. The quantitative estimate of drug-likeness (QED) is 0.149. The van der Waals surface area contributed by atoms with Crippen LogP contribution in [-0.2, 0) is 0 Å². The van der Waals surface area contributed by atoms with E-state index in [-0.39, 0.29) is 29.0 Å². The summed E-state index contributed by atoms with van der Waals surface area (Å²) in [6.07, 6.45) is 5.87. The molecule has 1 aliphatic heterocycles. The van der Waals surface area contributed by atoms with E-state index in [1.54, 1.807) is 30.6 Å². The second kappa shape index (κ2) is 14.3. The monoisotopic (exact) mass is 662 g/mol. The number of hydrogen-bond donors (Lipinski definition) is 3. The molecular formula is C30H30Cl2F2N6OS2. The molecule has 0 radical (unpaired) electrons. The van der Waals surface area contributed by atoms with Crippen LogP contribution in [0.1, 0.15) is 53.5 Å². The Morgan fingerprint density at radius 3 is 2.67 bits per heavy atom. The largest absolute Gasteiger partial charge is 0.350 e. The van der Waals surface area contributed by atoms with Crippen molar-refractivity contribution in [1.82, 2.24) is 25.6 Å². The summed E-state index contributed by atoms with van der Waals surface area (Å²) >= 11 is 14.6. The van der Waals surface area contributed by atoms with E-state index >= 15 is 8.78 Å². The zero-order valence-corrected chi connectivity index (χ0v) is 26.4. The standard InChI is InChI=1S/C30H30Cl2F2N6OS2/c1-18-5-10-36-24(14-18)40-29-38-16-25(43-29)42-23-6-11-37-27(26(23)34)28(41)39-17-30(8-12-35-13-9-30)7-4-22(33)19-2-3-20(31)21(32)15-19/h2-3,5-6,10-11,14-16,22,35H,4,7-9,12-13,17H2,1H3,(H,39,41)(H,36,38,40). The molecule has 1 unspecified atom stereocenters. The molecule has 1 aliphatic rings. The smallest absolute Gasteiger partial charge is 0.272 e. The first-order chi connectivity index (χ1) is 20.7. The van der Waals surface area contributed by atoms with Gasteiger partial charge in [0.1, 0.15) is 12.0 Å². The Morgan fingerprint density at radius 2 is 1.91 bits per heavy atom. The van der Waals surface area contributed by atoms with Gasteiger partial charge in [0.25, 0.3) is 5.91 Å². The molecule has 1 fully saturated rings. The zero-order chi connectivity index (χ0) is 30.4. The molecule has 43 heavy (non-hydrogen) atoms. The van der Waals surface area contributed by atoms with Crippen LogP contribution in [0.25, 0.3) is 0 Å². The maximum Gasteiger partial charge on any atom is 0.272 e. The van der Waals surface area contributed by atoms with E-state index < -0.39 is 17.9 Å². The lowest BCUT2D eigenvalue weighted by Gasteiger charge is -2.38. The van der Waals surface area contributed by atoms with E-state index in [0.717, 1.165) is 35.7 Å². The number of alkyl halides is 1. The van der Waals surface area contributed by atoms with E-state index in [1.807, 2.05) is 19.1 Å². The number of rotatable bonds is 11. The highest BCUT2D eigenvalue weighted by Gasteiger charge is 2.34. The summed E-state index contributed by atoms with van der Waals surface area (Å²) in [4.78, 5) is 26.1. The fraction of sp³-hybridized carbons (Fsp3) is 0.333. The number of nitrogens with one attached hydrogen (secondary N) is 3. The molecule has 4 heterocycles. The third kappa shape index (κ3) is 8.21. The van der Waals surface area contributed by atoms with Crippen molar-refractivity contribution in [2.75, 3.05) is 25.0 Å². The van der Waals surface area contributed by atoms with Crippen molar-refractivity contribution in [3.63, 3.8) is 0 Å². The van der Waals surface area contributed by atoms with E-state index in [0.29, 0.717) is 33.0 Å². The predicted molar refractivity (Wildman–Crippen MR) is 169 cm³/mol. The lowest BCUT2D eigenvalue weighted by molar-refractivity contribution is 0.0887. The normalized spacial score (nSPS) is 15.2. The van der Waals surface area contributed by atoms with Gasteiger partial charge in [0.05, 0.1) is 25.3 Å². The van der Waals surface area contributed by atoms with Crippen LogP contribution >= 0.6 is 46.3 Å². The number of piperidine rings is 1. The lowest BCUT2D eigenvalue weighted by atomic mass is 9.74. The number of thiazole rings is 1. The van der Waals surface area contributed by atoms with Gasteiger partial charge in [0, 0.05) is 18.9 Å². The van der Waals surface area contributed by atoms with Crippen molar-refractivity contribution < 1.29 is 13.6 Å². The Labute approximate surface area is 267 Å². The number of aryl methyl sites for hydroxylation is 1. The minimum Gasteiger partial charge on any atom is -0.350 e. The maximum atomic E-state index is 15.5. The minimum atomic E-state index is -1.22. The average Bonchev–Trinajstić information content (AvgIpc) is 3.44. The Kier molecular flexibility index (Phi) is 10.5. The van der Waals surface area contributed by atoms with Gasteiger partial charge in [0.2, 0.25) is 0 Å². The Balaban J connectivity index is 1.22. The molecule has 1 aromatic carbocycles. The van der Waals surface area contributed by atoms with Crippen LogP contribution in [0.15, 0.2) is 64.1 Å². The van der Waals surface area contributed by atoms with Crippen LogP contribution in [0.4, 0.5) is 19.7 Å². The van der Waals surface area contributed by atoms with Gasteiger partial charge in [-0.2, -0.15) is 0 Å². The summed E-state index contributed by atoms with van der Waals surface area (Å²) in [7, 11) is 0. The average molecular weight is 664 g/mol. The van der Waals surface area contributed by atoms with Crippen LogP contribution in [0, 0.1) is 18.2 Å². The summed E-state index contributed by atoms with van der Waals surface area (Å²) in [6.45, 7) is 3.77. The molecule has 5 rings (SSSR count). The Morgan fingerprint density at radius 1 is 1.12 bits per heavy atom. The molecule has 1 atom stereocenters. The van der Waals surface area contributed by atoms with Gasteiger partial charge in [-0.1, -0.05) is 52.4 Å². The summed E-state index contributed by atoms with van der Waals surface area (Å²) < 4.78 is 31.4. The Bertz CT molecular complexity index is 1580. The molecule has 7 nitrogen and oxygen atoms in total. The molecule has 4 aromatic rings. The number of benzene rings is 1. The van der Waals surface area contributed by atoms with Crippen LogP contribution in [0.5, 0.6) is 0 Å². The van der Waals surface area contributed by atoms with Gasteiger partial charge in [-0.15, -0.1) is 0 Å². The van der Waals surface area contributed by atoms with Gasteiger partial charge < -0.3 is 16.0 Å². The van der Waals surface area contributed by atoms with Gasteiger partial charge in [-0.05, 0) is 92.6 Å². The Hall–Kier alpha value is -2.83. The van der Waals surface area contributed by atoms with E-state index in [9.17, 15) is 4.79 Å². The first kappa shape index (κ1) is 31.6. The minimum absolute atomic E-state index is 0.262. The summed E-state index contributed by atoms with van der Waals surface area (Å²) in [5.41, 5.74) is 0.927. The highest BCUT2D eigenvalue weighted by Crippen LogP contribution is 2.39. The summed E-state index contributed by atoms with van der Waals surface area (Å²) in [5.74, 6) is -0.629. The number of anilines is 2. The number of pyridine rings is 2. The molecule has 0 bridgehead atoms. The van der Waals surface area contributed by atoms with E-state index in [2.05, 4.69) is 30.9 Å². The van der Waals surface area contributed by atoms with Crippen LogP contribution < -0.4 is 16.0 Å². The van der Waals surface area contributed by atoms with Crippen molar-refractivity contribution in [2.45, 2.75) is 47.9 Å². The molecule has 0 spiro atoms. The second-order valence-corrected chi connectivity index (χ2v) is 13.7. The number of nitrogens with zero attached hydrogens (tertiary/aromatic N) is 3. The number of aromatic nitrogens is 3. The SMILES string of the molecule is Cc1ccnc(Nc2ncc(Sc3ccnc(C(=O)NCC4(CCC(F)c5ccc(Cl)c(Cl)c5)CCNCC4)c3F)s2)c1. The highest BCUT2D eigenvalue weighted by atomic mass is 35.5. The van der Waals surface area contributed by atoms with Crippen molar-refractivity contribution in [3.05, 3.63) is 87.7 Å². The lowest BCUT2D eigenvalue weighted by Crippen LogP contribution is -2.45. The van der Waals surface area contributed by atoms with Gasteiger partial charge in [-0.3, -0.25) is 4.79 Å². The van der Waals surface area contributed by atoms with Gasteiger partial charge in [-0.25, -0.2) is 23.7 Å². The fourth-order valence-electron chi connectivity index (χ4n) is 4.98. The van der Waals surface area contributed by atoms with Crippen molar-refractivity contribution in [3.8, 4) is 0 Å². The molecule has 1 amide bonds. The molecule has 3 N–H and O–H groups in total. The second-order valence-electron chi connectivity index (χ2n) is 10.5. The predicted octanol–water partition coefficient (Wildman–Crippen LogP) is 8.17. The van der Waals surface area contributed by atoms with Gasteiger partial charge in [0.15, 0.2) is 16.6 Å². The molecule has 226 valence electrons. The van der Waals surface area contributed by atoms with E-state index in [4.69, 9.17) is 23.2 Å². The summed E-state index contributed by atoms with van der Waals surface area (Å²) in [6, 6.07) is 10.1. The van der Waals surface area contributed by atoms with Crippen molar-refractivity contribution in [2.24, 2.45) is 5.41 Å². The van der Waals surface area contributed by atoms with Crippen LogP contribution in [-0.4, -0.2) is 40.5 Å². The number of amides is 1. The molecule has 13 heteroatoms. The van der Waals surface area contributed by atoms with E-state index in [1.165, 1.54) is 35.4 Å². The maximum absolute atomic E-state index is 15.5. The van der Waals surface area contributed by atoms with Crippen molar-refractivity contribution in [1.29, 1.82) is 0 Å². The van der Waals surface area contributed by atoms with Gasteiger partial charge >= 0.3 is 0 Å². The van der Waals surface area contributed by atoms with Crippen LogP contribution in [0.3, 0.4) is 0 Å². The number of carbonyl (C=O) groups excluding carboxylic acids is 1. The molecule has 3 aromatic heterocycles. The number of halogens is 4. The number of hydrogen-bond acceptors (Lipinski definition) is 8. The third-order valence-electron chi connectivity index (χ3n) is 7.44. The highest BCUT2D eigenvalue weighted by molar-refractivity contribution is 8.01. The first-order valence-electron chi connectivity index (χ1n) is 13.8. The van der Waals surface area contributed by atoms with Crippen LogP contribution in [0.2, 0.25) is 10.0 Å². The number of carbonyl (C=O) groups is 1. The van der Waals surface area contributed by atoms with Crippen molar-refractivity contribution >= 4 is 63.2 Å². The third-order valence-corrected chi connectivity index (χ3v) is 10.2. The fourth-order valence-corrected chi connectivity index (χ4v) is 7.15. The topological polar surface area (TPSA) is 91.8 Å². The molecule has 0 aliphatic carbocycles. The molecular weight excluding hydrogens is 633 g/mol.